The maximum Gasteiger partial charge on any atom is 0.177 e. The topological polar surface area (TPSA) is 63.7 Å². The summed E-state index contributed by atoms with van der Waals surface area (Å²) in [6, 6.07) is 12.0. The van der Waals surface area contributed by atoms with Crippen molar-refractivity contribution in [3.63, 3.8) is 0 Å². The maximum absolute atomic E-state index is 6.34. The number of benzene rings is 1. The van der Waals surface area contributed by atoms with E-state index in [0.29, 0.717) is 10.9 Å². The van der Waals surface area contributed by atoms with Crippen molar-refractivity contribution >= 4 is 33.7 Å². The van der Waals surface area contributed by atoms with Crippen LogP contribution in [0.3, 0.4) is 0 Å². The van der Waals surface area contributed by atoms with Crippen LogP contribution < -0.4 is 4.74 Å². The van der Waals surface area contributed by atoms with Crippen LogP contribution in [0, 0.1) is 5.92 Å². The van der Waals surface area contributed by atoms with Crippen molar-refractivity contribution in [1.82, 2.24) is 19.9 Å². The fraction of sp³-hybridized carbons (Fsp3) is 0.318. The lowest BCUT2D eigenvalue weighted by molar-refractivity contribution is 0.132. The molecular weight excluding hydrogens is 372 g/mol. The lowest BCUT2D eigenvalue weighted by Crippen LogP contribution is -2.25. The van der Waals surface area contributed by atoms with Crippen molar-refractivity contribution in [2.45, 2.75) is 38.2 Å². The van der Waals surface area contributed by atoms with Gasteiger partial charge in [-0.25, -0.2) is 9.97 Å². The lowest BCUT2D eigenvalue weighted by Gasteiger charge is -2.29. The molecule has 5 nitrogen and oxygen atoms in total. The Kier molecular flexibility index (Phi) is 4.61. The zero-order valence-electron chi connectivity index (χ0n) is 15.4. The van der Waals surface area contributed by atoms with Crippen LogP contribution in [-0.2, 0) is 6.42 Å². The van der Waals surface area contributed by atoms with Crippen LogP contribution >= 0.6 is 11.6 Å². The molecule has 0 atom stereocenters. The van der Waals surface area contributed by atoms with Crippen molar-refractivity contribution < 1.29 is 4.74 Å². The number of imidazole rings is 1. The zero-order chi connectivity index (χ0) is 18.9. The van der Waals surface area contributed by atoms with E-state index in [1.165, 1.54) is 0 Å². The molecule has 3 heterocycles. The first kappa shape index (κ1) is 17.4. The Morgan fingerprint density at radius 3 is 2.82 bits per heavy atom. The number of halogens is 1. The Labute approximate surface area is 168 Å². The molecule has 6 heteroatoms. The summed E-state index contributed by atoms with van der Waals surface area (Å²) < 4.78 is 6.34. The van der Waals surface area contributed by atoms with E-state index in [1.807, 2.05) is 36.5 Å². The van der Waals surface area contributed by atoms with Gasteiger partial charge in [0.05, 0.1) is 22.2 Å². The number of aromatic amines is 1. The molecule has 0 spiro atoms. The van der Waals surface area contributed by atoms with E-state index >= 15 is 0 Å². The second-order valence-corrected chi connectivity index (χ2v) is 7.94. The first-order valence-corrected chi connectivity index (χ1v) is 10.1. The molecule has 1 aromatic carbocycles. The molecule has 0 bridgehead atoms. The molecule has 0 amide bonds. The summed E-state index contributed by atoms with van der Waals surface area (Å²) in [6.45, 7) is 0. The molecule has 142 valence electrons. The maximum atomic E-state index is 6.34. The first-order valence-electron chi connectivity index (χ1n) is 9.75. The van der Waals surface area contributed by atoms with Gasteiger partial charge in [-0.1, -0.05) is 23.7 Å². The van der Waals surface area contributed by atoms with Crippen LogP contribution in [0.15, 0.2) is 48.8 Å². The number of nitrogens with one attached hydrogen (secondary N) is 1. The van der Waals surface area contributed by atoms with E-state index in [2.05, 4.69) is 26.0 Å². The summed E-state index contributed by atoms with van der Waals surface area (Å²) in [6.07, 6.45) is 9.07. The van der Waals surface area contributed by atoms with Crippen LogP contribution in [0.4, 0.5) is 0 Å². The summed E-state index contributed by atoms with van der Waals surface area (Å²) in [5, 5.41) is 1.71. The largest absolute Gasteiger partial charge is 0.490 e. The molecule has 28 heavy (non-hydrogen) atoms. The second-order valence-electron chi connectivity index (χ2n) is 7.50. The number of fused-ring (bicyclic) bond motifs is 2. The third-order valence-corrected chi connectivity index (χ3v) is 5.74. The van der Waals surface area contributed by atoms with E-state index in [1.54, 1.807) is 6.20 Å². The highest BCUT2D eigenvalue weighted by atomic mass is 35.5. The molecular formula is C22H21ClN4O. The van der Waals surface area contributed by atoms with Crippen molar-refractivity contribution in [3.05, 3.63) is 59.6 Å². The average Bonchev–Trinajstić information content (AvgIpc) is 3.11. The molecule has 1 aliphatic carbocycles. The normalized spacial score (nSPS) is 19.9. The van der Waals surface area contributed by atoms with E-state index in [4.69, 9.17) is 16.3 Å². The van der Waals surface area contributed by atoms with Crippen LogP contribution in [-0.4, -0.2) is 26.0 Å². The van der Waals surface area contributed by atoms with Gasteiger partial charge >= 0.3 is 0 Å². The number of para-hydroxylation sites is 1. The quantitative estimate of drug-likeness (QED) is 0.509. The number of ether oxygens (including phenoxy) is 1. The fourth-order valence-corrected chi connectivity index (χ4v) is 4.26. The Morgan fingerprint density at radius 1 is 1.07 bits per heavy atom. The third-order valence-electron chi connectivity index (χ3n) is 5.53. The van der Waals surface area contributed by atoms with Crippen LogP contribution in [0.5, 0.6) is 5.75 Å². The Bertz CT molecular complexity index is 1110. The summed E-state index contributed by atoms with van der Waals surface area (Å²) in [4.78, 5) is 16.7. The van der Waals surface area contributed by atoms with Crippen LogP contribution in [0.1, 0.15) is 31.5 Å². The van der Waals surface area contributed by atoms with Gasteiger partial charge in [-0.2, -0.15) is 0 Å². The van der Waals surface area contributed by atoms with Gasteiger partial charge in [-0.05, 0) is 55.9 Å². The van der Waals surface area contributed by atoms with E-state index < -0.39 is 0 Å². The molecule has 4 aromatic rings. The highest BCUT2D eigenvalue weighted by Crippen LogP contribution is 2.32. The fourth-order valence-electron chi connectivity index (χ4n) is 4.10. The molecule has 1 saturated carbocycles. The second kappa shape index (κ2) is 7.40. The van der Waals surface area contributed by atoms with E-state index in [-0.39, 0.29) is 6.10 Å². The van der Waals surface area contributed by atoms with Crippen LogP contribution in [0.25, 0.3) is 22.1 Å². The molecule has 0 aliphatic heterocycles. The van der Waals surface area contributed by atoms with Crippen molar-refractivity contribution in [2.24, 2.45) is 5.92 Å². The van der Waals surface area contributed by atoms with E-state index in [9.17, 15) is 0 Å². The van der Waals surface area contributed by atoms with Gasteiger partial charge in [-0.15, -0.1) is 0 Å². The average molecular weight is 393 g/mol. The number of pyridine rings is 2. The molecule has 5 rings (SSSR count). The van der Waals surface area contributed by atoms with Gasteiger partial charge in [0.1, 0.15) is 11.6 Å². The Morgan fingerprint density at radius 2 is 1.93 bits per heavy atom. The Balaban J connectivity index is 1.22. The highest BCUT2D eigenvalue weighted by Gasteiger charge is 2.24. The number of rotatable bonds is 4. The zero-order valence-corrected chi connectivity index (χ0v) is 16.2. The van der Waals surface area contributed by atoms with Gasteiger partial charge < -0.3 is 9.72 Å². The SMILES string of the molecule is Clc1cnc2nc(CC3CCC(Oc4ccnc5ccccc45)CC3)[nH]c2c1. The van der Waals surface area contributed by atoms with Gasteiger partial charge in [0.25, 0.3) is 0 Å². The molecule has 1 N–H and O–H groups in total. The van der Waals surface area contributed by atoms with Crippen molar-refractivity contribution in [3.8, 4) is 5.75 Å². The molecule has 0 saturated heterocycles. The van der Waals surface area contributed by atoms with Gasteiger partial charge in [-0.3, -0.25) is 4.98 Å². The monoisotopic (exact) mass is 392 g/mol. The molecule has 0 unspecified atom stereocenters. The summed E-state index contributed by atoms with van der Waals surface area (Å²) in [7, 11) is 0. The number of nitrogens with zero attached hydrogens (tertiary/aromatic N) is 3. The predicted octanol–water partition coefficient (Wildman–Crippen LogP) is 5.34. The lowest BCUT2D eigenvalue weighted by atomic mass is 9.85. The molecule has 0 radical (unpaired) electrons. The Hall–Kier alpha value is -2.66. The molecule has 3 aromatic heterocycles. The third kappa shape index (κ3) is 3.54. The molecule has 1 fully saturated rings. The van der Waals surface area contributed by atoms with Crippen molar-refractivity contribution in [1.29, 1.82) is 0 Å². The number of aromatic nitrogens is 4. The predicted molar refractivity (Wildman–Crippen MR) is 111 cm³/mol. The van der Waals surface area contributed by atoms with E-state index in [0.717, 1.165) is 65.7 Å². The summed E-state index contributed by atoms with van der Waals surface area (Å²) in [5.74, 6) is 2.55. The standard InChI is InChI=1S/C22H21ClN4O/c23-15-12-19-22(25-13-15)27-21(26-19)11-14-5-7-16(8-6-14)28-20-9-10-24-18-4-2-1-3-17(18)20/h1-4,9-10,12-14,16H,5-8,11H2,(H,25,26,27). The smallest absolute Gasteiger partial charge is 0.177 e. The van der Waals surface area contributed by atoms with Gasteiger partial charge in [0.2, 0.25) is 0 Å². The summed E-state index contributed by atoms with van der Waals surface area (Å²) >= 11 is 6.01. The minimum absolute atomic E-state index is 0.262. The van der Waals surface area contributed by atoms with Gasteiger partial charge in [0, 0.05) is 24.2 Å². The molecule has 1 aliphatic rings. The summed E-state index contributed by atoms with van der Waals surface area (Å²) in [5.41, 5.74) is 2.62. The van der Waals surface area contributed by atoms with Gasteiger partial charge in [0.15, 0.2) is 5.65 Å². The number of hydrogen-bond donors (Lipinski definition) is 1. The minimum Gasteiger partial charge on any atom is -0.490 e. The minimum atomic E-state index is 0.262. The van der Waals surface area contributed by atoms with Crippen LogP contribution in [0.2, 0.25) is 5.02 Å². The first-order chi connectivity index (χ1) is 13.7. The number of hydrogen-bond acceptors (Lipinski definition) is 4. The number of H-pyrrole nitrogens is 1. The highest BCUT2D eigenvalue weighted by molar-refractivity contribution is 6.31. The van der Waals surface area contributed by atoms with Crippen molar-refractivity contribution in [2.75, 3.05) is 0 Å².